The molecular weight excluding hydrogens is 550 g/mol. The van der Waals surface area contributed by atoms with Crippen molar-refractivity contribution >= 4 is 17.6 Å². The predicted octanol–water partition coefficient (Wildman–Crippen LogP) is 5.37. The van der Waals surface area contributed by atoms with Crippen LogP contribution in [-0.2, 0) is 27.1 Å². The number of carbonyl (C=O) groups is 1. The molecule has 13 heteroatoms. The molecule has 0 radical (unpaired) electrons. The maximum Gasteiger partial charge on any atom is 0.305 e. The van der Waals surface area contributed by atoms with Crippen LogP contribution in [0.1, 0.15) is 59.5 Å². The smallest absolute Gasteiger partial charge is 0.305 e. The molecule has 0 spiro atoms. The molecular formula is C27H25ClF2N4O6. The van der Waals surface area contributed by atoms with E-state index in [4.69, 9.17) is 30.2 Å². The largest absolute Gasteiger partial charge is 0.493 e. The number of carbonyl (C=O) groups excluding carboxylic acids is 1. The average Bonchev–Trinajstić information content (AvgIpc) is 3.58. The second kappa shape index (κ2) is 11.6. The summed E-state index contributed by atoms with van der Waals surface area (Å²) < 4.78 is 57.9. The number of para-hydroxylation sites is 1. The molecule has 0 aliphatic carbocycles. The number of fused-ring (bicyclic) bond motifs is 3. The fourth-order valence-electron chi connectivity index (χ4n) is 4.69. The summed E-state index contributed by atoms with van der Waals surface area (Å²) in [5.41, 5.74) is 1.46. The Morgan fingerprint density at radius 2 is 1.95 bits per heavy atom. The molecule has 0 amide bonds. The van der Waals surface area contributed by atoms with Gasteiger partial charge >= 0.3 is 5.97 Å². The van der Waals surface area contributed by atoms with E-state index in [0.717, 1.165) is 0 Å². The second-order valence-electron chi connectivity index (χ2n) is 8.84. The van der Waals surface area contributed by atoms with E-state index in [-0.39, 0.29) is 36.9 Å². The number of aryl methyl sites for hydroxylation is 1. The molecule has 5 rings (SSSR count). The van der Waals surface area contributed by atoms with E-state index in [9.17, 15) is 13.6 Å². The monoisotopic (exact) mass is 574 g/mol. The summed E-state index contributed by atoms with van der Waals surface area (Å²) in [6, 6.07) is 10.2. The first kappa shape index (κ1) is 27.5. The number of halogens is 3. The maximum atomic E-state index is 14.2. The molecule has 3 heterocycles. The van der Waals surface area contributed by atoms with Gasteiger partial charge in [-0.1, -0.05) is 23.7 Å². The van der Waals surface area contributed by atoms with Crippen LogP contribution in [0.25, 0.3) is 5.69 Å². The number of benzene rings is 2. The van der Waals surface area contributed by atoms with E-state index in [1.807, 2.05) is 0 Å². The summed E-state index contributed by atoms with van der Waals surface area (Å²) in [6.45, 7) is 0. The number of hydrogen-bond acceptors (Lipinski definition) is 9. The minimum absolute atomic E-state index is 0.0318. The van der Waals surface area contributed by atoms with E-state index >= 15 is 0 Å². The molecule has 4 aromatic rings. The van der Waals surface area contributed by atoms with E-state index < -0.39 is 24.5 Å². The number of methoxy groups -OCH3 is 3. The van der Waals surface area contributed by atoms with Crippen molar-refractivity contribution in [1.82, 2.24) is 19.7 Å². The summed E-state index contributed by atoms with van der Waals surface area (Å²) in [5.74, 6) is 0.803. The van der Waals surface area contributed by atoms with Gasteiger partial charge in [-0.3, -0.25) is 9.36 Å². The van der Waals surface area contributed by atoms with Gasteiger partial charge in [0.2, 0.25) is 5.82 Å². The highest BCUT2D eigenvalue weighted by molar-refractivity contribution is 6.30. The third-order valence-corrected chi connectivity index (χ3v) is 6.73. The van der Waals surface area contributed by atoms with E-state index in [1.165, 1.54) is 32.1 Å². The standard InChI is InChI=1S/C27H25ClF2N4O6/c1-36-19-6-4-5-16(24(19)38-3)23-17-11-14(28)7-9-18(17)34-26(32-33-27(34)25(29)30)20(40-23)12-21-31-13-15(39-21)8-10-22(35)37-2/h4-7,9,11,13,20,23,25H,8,10,12H2,1-3H3/t20-,23-/m1/s1. The highest BCUT2D eigenvalue weighted by Gasteiger charge is 2.37. The highest BCUT2D eigenvalue weighted by atomic mass is 35.5. The van der Waals surface area contributed by atoms with Crippen LogP contribution in [-0.4, -0.2) is 47.0 Å². The minimum atomic E-state index is -2.92. The lowest BCUT2D eigenvalue weighted by atomic mass is 9.98. The number of nitrogens with zero attached hydrogens (tertiary/aromatic N) is 4. The number of alkyl halides is 2. The summed E-state index contributed by atoms with van der Waals surface area (Å²) >= 11 is 6.39. The van der Waals surface area contributed by atoms with Gasteiger partial charge in [-0.2, -0.15) is 0 Å². The zero-order valence-electron chi connectivity index (χ0n) is 21.8. The average molecular weight is 575 g/mol. The minimum Gasteiger partial charge on any atom is -0.493 e. The Hall–Kier alpha value is -4.03. The molecule has 0 fully saturated rings. The Kier molecular flexibility index (Phi) is 7.99. The molecule has 2 aromatic heterocycles. The first-order valence-electron chi connectivity index (χ1n) is 12.2. The van der Waals surface area contributed by atoms with Crippen LogP contribution in [0, 0.1) is 0 Å². The molecule has 0 N–H and O–H groups in total. The van der Waals surface area contributed by atoms with Crippen molar-refractivity contribution in [3.63, 3.8) is 0 Å². The van der Waals surface area contributed by atoms with E-state index in [0.29, 0.717) is 39.1 Å². The van der Waals surface area contributed by atoms with Crippen LogP contribution < -0.4 is 9.47 Å². The van der Waals surface area contributed by atoms with Gasteiger partial charge in [0.1, 0.15) is 18.0 Å². The highest BCUT2D eigenvalue weighted by Crippen LogP contribution is 2.46. The molecule has 2 aromatic carbocycles. The quantitative estimate of drug-likeness (QED) is 0.243. The first-order chi connectivity index (χ1) is 19.3. The van der Waals surface area contributed by atoms with Crippen molar-refractivity contribution in [3.8, 4) is 17.2 Å². The molecule has 210 valence electrons. The number of oxazole rings is 1. The topological polar surface area (TPSA) is 111 Å². The molecule has 2 atom stereocenters. The molecule has 10 nitrogen and oxygen atoms in total. The fourth-order valence-corrected chi connectivity index (χ4v) is 4.87. The first-order valence-corrected chi connectivity index (χ1v) is 12.6. The molecule has 0 saturated heterocycles. The zero-order chi connectivity index (χ0) is 28.4. The summed E-state index contributed by atoms with van der Waals surface area (Å²) in [4.78, 5) is 15.8. The van der Waals surface area contributed by atoms with Crippen LogP contribution in [0.5, 0.6) is 11.5 Å². The van der Waals surface area contributed by atoms with Crippen molar-refractivity contribution in [2.75, 3.05) is 21.3 Å². The summed E-state index contributed by atoms with van der Waals surface area (Å²) in [6.07, 6.45) is -2.76. The van der Waals surface area contributed by atoms with Crippen LogP contribution in [0.3, 0.4) is 0 Å². The molecule has 1 aliphatic heterocycles. The number of aromatic nitrogens is 4. The summed E-state index contributed by atoms with van der Waals surface area (Å²) in [7, 11) is 4.32. The normalized spacial score (nSPS) is 16.3. The van der Waals surface area contributed by atoms with Crippen molar-refractivity contribution in [2.45, 2.75) is 37.9 Å². The lowest BCUT2D eigenvalue weighted by molar-refractivity contribution is -0.140. The van der Waals surface area contributed by atoms with Gasteiger partial charge in [0.15, 0.2) is 23.2 Å². The Morgan fingerprint density at radius 3 is 2.67 bits per heavy atom. The Morgan fingerprint density at radius 1 is 1.12 bits per heavy atom. The molecule has 0 unspecified atom stereocenters. The van der Waals surface area contributed by atoms with Crippen LogP contribution in [0.2, 0.25) is 5.02 Å². The molecule has 0 bridgehead atoms. The Balaban J connectivity index is 1.63. The van der Waals surface area contributed by atoms with Gasteiger partial charge in [-0.15, -0.1) is 10.2 Å². The van der Waals surface area contributed by atoms with Gasteiger partial charge in [-0.25, -0.2) is 13.8 Å². The lowest BCUT2D eigenvalue weighted by Gasteiger charge is -2.24. The van der Waals surface area contributed by atoms with Crippen LogP contribution >= 0.6 is 11.6 Å². The SMILES string of the molecule is COC(=O)CCc1cnc(C[C@H]2O[C@H](c3cccc(OC)c3OC)c3cc(Cl)ccc3-n3c(C(F)F)nnc32)o1. The van der Waals surface area contributed by atoms with Crippen molar-refractivity contribution in [3.05, 3.63) is 82.0 Å². The third-order valence-electron chi connectivity index (χ3n) is 6.49. The molecule has 40 heavy (non-hydrogen) atoms. The number of rotatable bonds is 9. The predicted molar refractivity (Wildman–Crippen MR) is 137 cm³/mol. The molecule has 0 saturated carbocycles. The zero-order valence-corrected chi connectivity index (χ0v) is 22.5. The van der Waals surface area contributed by atoms with Gasteiger partial charge < -0.3 is 23.4 Å². The maximum absolute atomic E-state index is 14.2. The number of ether oxygens (including phenoxy) is 4. The van der Waals surface area contributed by atoms with E-state index in [2.05, 4.69) is 19.9 Å². The van der Waals surface area contributed by atoms with Crippen LogP contribution in [0.15, 0.2) is 47.0 Å². The van der Waals surface area contributed by atoms with Gasteiger partial charge in [0.25, 0.3) is 6.43 Å². The van der Waals surface area contributed by atoms with E-state index in [1.54, 1.807) is 36.4 Å². The van der Waals surface area contributed by atoms with Crippen LogP contribution in [0.4, 0.5) is 8.78 Å². The number of hydrogen-bond donors (Lipinski definition) is 0. The Bertz CT molecular complexity index is 1520. The third kappa shape index (κ3) is 5.24. The molecule has 1 aliphatic rings. The Labute approximate surface area is 232 Å². The van der Waals surface area contributed by atoms with Crippen molar-refractivity contribution in [1.29, 1.82) is 0 Å². The van der Waals surface area contributed by atoms with Gasteiger partial charge in [0.05, 0.1) is 46.1 Å². The van der Waals surface area contributed by atoms with Crippen molar-refractivity contribution < 1.29 is 36.9 Å². The fraction of sp³-hybridized carbons (Fsp3) is 0.333. The van der Waals surface area contributed by atoms with Gasteiger partial charge in [-0.05, 0) is 24.3 Å². The lowest BCUT2D eigenvalue weighted by Crippen LogP contribution is -2.15. The number of esters is 1. The summed E-state index contributed by atoms with van der Waals surface area (Å²) in [5, 5.41) is 8.26. The van der Waals surface area contributed by atoms with Crippen molar-refractivity contribution in [2.24, 2.45) is 0 Å². The second-order valence-corrected chi connectivity index (χ2v) is 9.28. The van der Waals surface area contributed by atoms with Gasteiger partial charge in [0, 0.05) is 22.6 Å².